The van der Waals surface area contributed by atoms with Crippen molar-refractivity contribution in [1.82, 2.24) is 23.9 Å². The van der Waals surface area contributed by atoms with Crippen LogP contribution >= 0.6 is 0 Å². The molecule has 38 heavy (non-hydrogen) atoms. The van der Waals surface area contributed by atoms with E-state index >= 15 is 0 Å². The Bertz CT molecular complexity index is 1620. The third kappa shape index (κ3) is 4.86. The first-order valence-electron chi connectivity index (χ1n) is 12.4. The monoisotopic (exact) mass is 535 g/mol. The van der Waals surface area contributed by atoms with Crippen LogP contribution < -0.4 is 4.74 Å². The Hall–Kier alpha value is -3.83. The van der Waals surface area contributed by atoms with Crippen molar-refractivity contribution in [2.45, 2.75) is 57.1 Å². The van der Waals surface area contributed by atoms with Crippen LogP contribution in [0, 0.1) is 13.8 Å². The third-order valence-electron chi connectivity index (χ3n) is 7.00. The predicted octanol–water partition coefficient (Wildman–Crippen LogP) is 3.71. The molecule has 5 rings (SSSR count). The molecule has 4 heterocycles. The van der Waals surface area contributed by atoms with E-state index in [2.05, 4.69) is 15.2 Å². The van der Waals surface area contributed by atoms with Crippen LogP contribution in [-0.2, 0) is 21.4 Å². The highest BCUT2D eigenvalue weighted by molar-refractivity contribution is 7.89. The number of aromatic nitrogens is 4. The van der Waals surface area contributed by atoms with Gasteiger partial charge in [0.2, 0.25) is 15.9 Å². The van der Waals surface area contributed by atoms with Gasteiger partial charge in [-0.3, -0.25) is 9.20 Å². The van der Waals surface area contributed by atoms with Gasteiger partial charge in [0.15, 0.2) is 5.65 Å². The highest BCUT2D eigenvalue weighted by atomic mass is 32.2. The number of sulfonamides is 1. The summed E-state index contributed by atoms with van der Waals surface area (Å²) in [5.74, 6) is -0.528. The summed E-state index contributed by atoms with van der Waals surface area (Å²) in [4.78, 5) is 16.1. The molecule has 0 fully saturated rings. The molecule has 0 bridgehead atoms. The topological polar surface area (TPSA) is 127 Å². The largest absolute Gasteiger partial charge is 0.481 e. The molecule has 2 atom stereocenters. The summed E-state index contributed by atoms with van der Waals surface area (Å²) in [6.45, 7) is 6.02. The smallest absolute Gasteiger partial charge is 0.304 e. The quantitative estimate of drug-likeness (QED) is 0.379. The summed E-state index contributed by atoms with van der Waals surface area (Å²) in [6.07, 6.45) is 3.50. The average molecular weight is 536 g/mol. The van der Waals surface area contributed by atoms with Gasteiger partial charge in [-0.2, -0.15) is 4.31 Å². The summed E-state index contributed by atoms with van der Waals surface area (Å²) in [7, 11) is -3.87. The van der Waals surface area contributed by atoms with Crippen molar-refractivity contribution in [1.29, 1.82) is 0 Å². The first-order chi connectivity index (χ1) is 18.2. The minimum absolute atomic E-state index is 0.0467. The number of aryl methyl sites for hydroxylation is 2. The molecule has 1 aliphatic rings. The van der Waals surface area contributed by atoms with Crippen molar-refractivity contribution in [3.63, 3.8) is 0 Å². The van der Waals surface area contributed by atoms with E-state index in [0.29, 0.717) is 12.1 Å². The summed E-state index contributed by atoms with van der Waals surface area (Å²) < 4.78 is 36.5. The van der Waals surface area contributed by atoms with Crippen LogP contribution in [0.25, 0.3) is 5.65 Å². The second-order valence-corrected chi connectivity index (χ2v) is 11.4. The maximum absolute atomic E-state index is 13.6. The van der Waals surface area contributed by atoms with E-state index in [1.165, 1.54) is 16.6 Å². The fourth-order valence-electron chi connectivity index (χ4n) is 4.80. The van der Waals surface area contributed by atoms with Gasteiger partial charge in [-0.05, 0) is 66.8 Å². The van der Waals surface area contributed by atoms with Crippen molar-refractivity contribution in [3.05, 3.63) is 82.9 Å². The lowest BCUT2D eigenvalue weighted by Crippen LogP contribution is -2.36. The molecule has 0 spiro atoms. The maximum atomic E-state index is 13.6. The lowest BCUT2D eigenvalue weighted by molar-refractivity contribution is -0.137. The van der Waals surface area contributed by atoms with Crippen LogP contribution in [0.4, 0.5) is 0 Å². The van der Waals surface area contributed by atoms with E-state index in [-0.39, 0.29) is 36.4 Å². The summed E-state index contributed by atoms with van der Waals surface area (Å²) >= 11 is 0. The van der Waals surface area contributed by atoms with Crippen molar-refractivity contribution < 1.29 is 23.1 Å². The minimum atomic E-state index is -3.87. The van der Waals surface area contributed by atoms with Crippen molar-refractivity contribution in [2.24, 2.45) is 0 Å². The Morgan fingerprint density at radius 3 is 2.71 bits per heavy atom. The Morgan fingerprint density at radius 2 is 1.95 bits per heavy atom. The SMILES string of the molecule is CC[C@@H]1CN(Cc2cc([C@@H](CC(=O)O)c3ccn4c(C)nnc4c3)ccc2C)S(=O)(=O)c2cccnc2O1. The van der Waals surface area contributed by atoms with Gasteiger partial charge in [-0.25, -0.2) is 13.4 Å². The number of benzene rings is 1. The zero-order valence-corrected chi connectivity index (χ0v) is 22.2. The molecule has 1 aliphatic heterocycles. The van der Waals surface area contributed by atoms with E-state index in [0.717, 1.165) is 28.1 Å². The van der Waals surface area contributed by atoms with Crippen molar-refractivity contribution >= 4 is 21.6 Å². The third-order valence-corrected chi connectivity index (χ3v) is 8.83. The van der Waals surface area contributed by atoms with Crippen LogP contribution in [-0.4, -0.2) is 56.0 Å². The number of aliphatic carboxylic acids is 1. The molecular formula is C27H29N5O5S. The molecule has 1 aromatic carbocycles. The van der Waals surface area contributed by atoms with E-state index in [1.807, 2.05) is 61.7 Å². The number of ether oxygens (including phenoxy) is 1. The molecule has 0 saturated carbocycles. The number of fused-ring (bicyclic) bond motifs is 2. The summed E-state index contributed by atoms with van der Waals surface area (Å²) in [5.41, 5.74) is 3.92. The normalized spacial score (nSPS) is 17.9. The standard InChI is InChI=1S/C27H29N5O5S/c1-4-22-16-31(38(35,36)24-6-5-10-28-27(24)37-22)15-21-12-19(8-7-17(21)2)23(14-26(33)34)20-9-11-32-18(3)29-30-25(32)13-20/h5-13,22-23H,4,14-16H2,1-3H3,(H,33,34)/t22-,23-/m1/s1. The van der Waals surface area contributed by atoms with Gasteiger partial charge in [0, 0.05) is 24.9 Å². The maximum Gasteiger partial charge on any atom is 0.304 e. The number of hydrogen-bond acceptors (Lipinski definition) is 7. The van der Waals surface area contributed by atoms with E-state index in [9.17, 15) is 18.3 Å². The second-order valence-electron chi connectivity index (χ2n) is 9.52. The van der Waals surface area contributed by atoms with Crippen molar-refractivity contribution in [2.75, 3.05) is 6.54 Å². The molecule has 11 heteroatoms. The molecule has 4 aromatic rings. The number of carboxylic acid groups (broad SMARTS) is 1. The van der Waals surface area contributed by atoms with Gasteiger partial charge >= 0.3 is 5.97 Å². The molecule has 1 N–H and O–H groups in total. The Labute approximate surface area is 221 Å². The molecule has 198 valence electrons. The summed E-state index contributed by atoms with van der Waals surface area (Å²) in [5, 5.41) is 18.0. The molecule has 0 radical (unpaired) electrons. The van der Waals surface area contributed by atoms with E-state index in [1.54, 1.807) is 6.07 Å². The predicted molar refractivity (Wildman–Crippen MR) is 140 cm³/mol. The van der Waals surface area contributed by atoms with Crippen LogP contribution in [0.2, 0.25) is 0 Å². The van der Waals surface area contributed by atoms with Gasteiger partial charge in [0.1, 0.15) is 16.8 Å². The Morgan fingerprint density at radius 1 is 1.16 bits per heavy atom. The Kier molecular flexibility index (Phi) is 6.89. The number of carboxylic acids is 1. The number of carbonyl (C=O) groups is 1. The molecule has 0 unspecified atom stereocenters. The number of pyridine rings is 2. The molecule has 3 aromatic heterocycles. The Balaban J connectivity index is 1.53. The zero-order chi connectivity index (χ0) is 27.0. The minimum Gasteiger partial charge on any atom is -0.481 e. The van der Waals surface area contributed by atoms with Crippen LogP contribution in [0.3, 0.4) is 0 Å². The van der Waals surface area contributed by atoms with Gasteiger partial charge in [0.05, 0.1) is 13.0 Å². The zero-order valence-electron chi connectivity index (χ0n) is 21.4. The first-order valence-corrected chi connectivity index (χ1v) is 13.9. The highest BCUT2D eigenvalue weighted by Crippen LogP contribution is 2.33. The molecule has 0 saturated heterocycles. The fourth-order valence-corrected chi connectivity index (χ4v) is 6.32. The van der Waals surface area contributed by atoms with Gasteiger partial charge in [-0.15, -0.1) is 10.2 Å². The van der Waals surface area contributed by atoms with Gasteiger partial charge in [0.25, 0.3) is 0 Å². The highest BCUT2D eigenvalue weighted by Gasteiger charge is 2.35. The molecule has 10 nitrogen and oxygen atoms in total. The van der Waals surface area contributed by atoms with E-state index < -0.39 is 21.9 Å². The summed E-state index contributed by atoms with van der Waals surface area (Å²) in [6, 6.07) is 12.5. The first kappa shape index (κ1) is 25.8. The molecule has 0 amide bonds. The number of hydrogen-bond donors (Lipinski definition) is 1. The average Bonchev–Trinajstić information content (AvgIpc) is 3.22. The molecular weight excluding hydrogens is 506 g/mol. The number of rotatable bonds is 7. The van der Waals surface area contributed by atoms with Crippen LogP contribution in [0.15, 0.2) is 59.8 Å². The lowest BCUT2D eigenvalue weighted by Gasteiger charge is -2.24. The van der Waals surface area contributed by atoms with Crippen LogP contribution in [0.1, 0.15) is 53.8 Å². The van der Waals surface area contributed by atoms with Crippen molar-refractivity contribution in [3.8, 4) is 5.88 Å². The molecule has 0 aliphatic carbocycles. The fraction of sp³-hybridized carbons (Fsp3) is 0.333. The van der Waals surface area contributed by atoms with Gasteiger partial charge in [-0.1, -0.05) is 25.1 Å². The van der Waals surface area contributed by atoms with E-state index in [4.69, 9.17) is 4.74 Å². The van der Waals surface area contributed by atoms with Gasteiger partial charge < -0.3 is 9.84 Å². The number of nitrogens with zero attached hydrogens (tertiary/aromatic N) is 5. The second kappa shape index (κ2) is 10.1. The van der Waals surface area contributed by atoms with Crippen LogP contribution in [0.5, 0.6) is 5.88 Å². The lowest BCUT2D eigenvalue weighted by atomic mass is 9.87.